The van der Waals surface area contributed by atoms with Crippen LogP contribution >= 0.6 is 0 Å². The van der Waals surface area contributed by atoms with Crippen LogP contribution in [0.3, 0.4) is 0 Å². The molecule has 0 bridgehead atoms. The Bertz CT molecular complexity index is 510. The van der Waals surface area contributed by atoms with E-state index in [9.17, 15) is 9.59 Å². The van der Waals surface area contributed by atoms with E-state index >= 15 is 0 Å². The van der Waals surface area contributed by atoms with Crippen LogP contribution < -0.4 is 5.32 Å². The van der Waals surface area contributed by atoms with Crippen LogP contribution in [-0.4, -0.2) is 54.3 Å². The molecule has 1 aromatic carbocycles. The van der Waals surface area contributed by atoms with E-state index in [0.29, 0.717) is 25.6 Å². The first-order valence-electron chi connectivity index (χ1n) is 8.34. The number of benzene rings is 1. The molecule has 1 saturated heterocycles. The van der Waals surface area contributed by atoms with Gasteiger partial charge in [0.1, 0.15) is 0 Å². The van der Waals surface area contributed by atoms with Gasteiger partial charge in [0, 0.05) is 45.6 Å². The fourth-order valence-corrected chi connectivity index (χ4v) is 2.96. The summed E-state index contributed by atoms with van der Waals surface area (Å²) in [4.78, 5) is 27.8. The zero-order valence-electron chi connectivity index (χ0n) is 14.1. The zero-order valence-corrected chi connectivity index (χ0v) is 14.1. The lowest BCUT2D eigenvalue weighted by Crippen LogP contribution is -2.44. The Morgan fingerprint density at radius 2 is 1.87 bits per heavy atom. The predicted molar refractivity (Wildman–Crippen MR) is 90.8 cm³/mol. The second-order valence-electron chi connectivity index (χ2n) is 6.12. The van der Waals surface area contributed by atoms with E-state index in [4.69, 9.17) is 0 Å². The molecular weight excluding hydrogens is 290 g/mol. The first-order valence-corrected chi connectivity index (χ1v) is 8.34. The molecule has 5 nitrogen and oxygen atoms in total. The largest absolute Gasteiger partial charge is 0.343 e. The van der Waals surface area contributed by atoms with Crippen molar-refractivity contribution < 1.29 is 9.59 Å². The van der Waals surface area contributed by atoms with Gasteiger partial charge in [-0.05, 0) is 25.5 Å². The number of rotatable bonds is 6. The number of amides is 2. The average Bonchev–Trinajstić information content (AvgIpc) is 2.59. The third-order valence-electron chi connectivity index (χ3n) is 4.51. The number of nitrogens with zero attached hydrogens (tertiary/aromatic N) is 2. The molecule has 5 heteroatoms. The third-order valence-corrected chi connectivity index (χ3v) is 4.51. The molecule has 0 unspecified atom stereocenters. The second kappa shape index (κ2) is 8.67. The first kappa shape index (κ1) is 17.5. The van der Waals surface area contributed by atoms with Gasteiger partial charge >= 0.3 is 0 Å². The van der Waals surface area contributed by atoms with Gasteiger partial charge in [0.05, 0.1) is 0 Å². The summed E-state index contributed by atoms with van der Waals surface area (Å²) in [6.07, 6.45) is 2.40. The molecule has 0 saturated carbocycles. The number of piperidine rings is 1. The van der Waals surface area contributed by atoms with Crippen LogP contribution in [0.4, 0.5) is 0 Å². The molecule has 1 aromatic rings. The minimum absolute atomic E-state index is 0.00976. The van der Waals surface area contributed by atoms with Crippen LogP contribution in [0.5, 0.6) is 0 Å². The van der Waals surface area contributed by atoms with Crippen molar-refractivity contribution in [1.82, 2.24) is 15.1 Å². The van der Waals surface area contributed by atoms with Crippen molar-refractivity contribution in [3.8, 4) is 0 Å². The van der Waals surface area contributed by atoms with Gasteiger partial charge in [-0.15, -0.1) is 0 Å². The number of hydrogen-bond donors (Lipinski definition) is 1. The van der Waals surface area contributed by atoms with Crippen molar-refractivity contribution in [2.24, 2.45) is 0 Å². The molecule has 2 amide bonds. The molecule has 1 fully saturated rings. The molecule has 1 aliphatic rings. The molecule has 23 heavy (non-hydrogen) atoms. The summed E-state index contributed by atoms with van der Waals surface area (Å²) in [6.45, 7) is 4.22. The molecule has 1 heterocycles. The van der Waals surface area contributed by atoms with Gasteiger partial charge in [0.15, 0.2) is 0 Å². The monoisotopic (exact) mass is 317 g/mol. The van der Waals surface area contributed by atoms with Crippen LogP contribution in [-0.2, 0) is 16.1 Å². The Balaban J connectivity index is 1.82. The van der Waals surface area contributed by atoms with Crippen molar-refractivity contribution in [1.29, 1.82) is 0 Å². The van der Waals surface area contributed by atoms with Crippen molar-refractivity contribution >= 4 is 11.8 Å². The topological polar surface area (TPSA) is 52.7 Å². The summed E-state index contributed by atoms with van der Waals surface area (Å²) < 4.78 is 0. The van der Waals surface area contributed by atoms with Gasteiger partial charge in [0.2, 0.25) is 11.8 Å². The van der Waals surface area contributed by atoms with Gasteiger partial charge in [0.25, 0.3) is 0 Å². The van der Waals surface area contributed by atoms with Gasteiger partial charge in [-0.3, -0.25) is 9.59 Å². The maximum absolute atomic E-state index is 12.3. The minimum atomic E-state index is 0.00976. The van der Waals surface area contributed by atoms with Crippen LogP contribution in [0.25, 0.3) is 0 Å². The Labute approximate surface area is 138 Å². The number of carbonyl (C=O) groups is 2. The van der Waals surface area contributed by atoms with E-state index in [0.717, 1.165) is 31.5 Å². The maximum Gasteiger partial charge on any atom is 0.224 e. The Morgan fingerprint density at radius 3 is 2.43 bits per heavy atom. The lowest BCUT2D eigenvalue weighted by atomic mass is 10.1. The third kappa shape index (κ3) is 5.36. The van der Waals surface area contributed by atoms with Crippen molar-refractivity contribution in [3.63, 3.8) is 0 Å². The summed E-state index contributed by atoms with van der Waals surface area (Å²) in [5, 5.41) is 3.26. The summed E-state index contributed by atoms with van der Waals surface area (Å²) in [6, 6.07) is 10.4. The van der Waals surface area contributed by atoms with Crippen LogP contribution in [0.15, 0.2) is 30.3 Å². The summed E-state index contributed by atoms with van der Waals surface area (Å²) in [5.41, 5.74) is 1.09. The Morgan fingerprint density at radius 1 is 1.22 bits per heavy atom. The fourth-order valence-electron chi connectivity index (χ4n) is 2.96. The fraction of sp³-hybridized carbons (Fsp3) is 0.556. The lowest BCUT2D eigenvalue weighted by molar-refractivity contribution is -0.134. The zero-order chi connectivity index (χ0) is 16.7. The van der Waals surface area contributed by atoms with E-state index in [1.807, 2.05) is 42.3 Å². The van der Waals surface area contributed by atoms with Gasteiger partial charge in [-0.25, -0.2) is 0 Å². The quantitative estimate of drug-likeness (QED) is 0.868. The summed E-state index contributed by atoms with van der Waals surface area (Å²) in [5.74, 6) is 0.161. The van der Waals surface area contributed by atoms with Crippen molar-refractivity contribution in [2.45, 2.75) is 38.8 Å². The van der Waals surface area contributed by atoms with Gasteiger partial charge in [-0.2, -0.15) is 0 Å². The standard InChI is InChI=1S/C18H27N3O2/c1-15(22)21(14-16-6-4-3-5-7-16)13-10-18(23)20-11-8-17(19-2)9-12-20/h3-7,17,19H,8-14H2,1-2H3. The minimum Gasteiger partial charge on any atom is -0.343 e. The number of carbonyl (C=O) groups excluding carboxylic acids is 2. The van der Waals surface area contributed by atoms with E-state index in [-0.39, 0.29) is 11.8 Å². The number of hydrogen-bond acceptors (Lipinski definition) is 3. The lowest BCUT2D eigenvalue weighted by Gasteiger charge is -2.32. The molecule has 0 aromatic heterocycles. The average molecular weight is 317 g/mol. The SMILES string of the molecule is CNC1CCN(C(=O)CCN(Cc2ccccc2)C(C)=O)CC1. The summed E-state index contributed by atoms with van der Waals surface area (Å²) >= 11 is 0. The molecule has 0 radical (unpaired) electrons. The predicted octanol–water partition coefficient (Wildman–Crippen LogP) is 1.64. The molecule has 0 atom stereocenters. The van der Waals surface area contributed by atoms with Crippen LogP contribution in [0.2, 0.25) is 0 Å². The van der Waals surface area contributed by atoms with Gasteiger partial charge in [-0.1, -0.05) is 30.3 Å². The van der Waals surface area contributed by atoms with Crippen molar-refractivity contribution in [3.05, 3.63) is 35.9 Å². The molecule has 0 spiro atoms. The molecular formula is C18H27N3O2. The van der Waals surface area contributed by atoms with Crippen LogP contribution in [0.1, 0.15) is 31.7 Å². The molecule has 2 rings (SSSR count). The van der Waals surface area contributed by atoms with E-state index in [2.05, 4.69) is 5.32 Å². The number of likely N-dealkylation sites (tertiary alicyclic amines) is 1. The molecule has 1 N–H and O–H groups in total. The highest BCUT2D eigenvalue weighted by Crippen LogP contribution is 2.12. The molecule has 126 valence electrons. The highest BCUT2D eigenvalue weighted by molar-refractivity contribution is 5.78. The van der Waals surface area contributed by atoms with E-state index in [1.165, 1.54) is 0 Å². The van der Waals surface area contributed by atoms with E-state index < -0.39 is 0 Å². The normalized spacial score (nSPS) is 15.5. The Hall–Kier alpha value is -1.88. The second-order valence-corrected chi connectivity index (χ2v) is 6.12. The first-order chi connectivity index (χ1) is 11.1. The van der Waals surface area contributed by atoms with Crippen LogP contribution in [0, 0.1) is 0 Å². The summed E-state index contributed by atoms with van der Waals surface area (Å²) in [7, 11) is 1.97. The van der Waals surface area contributed by atoms with Gasteiger partial charge < -0.3 is 15.1 Å². The highest BCUT2D eigenvalue weighted by atomic mass is 16.2. The smallest absolute Gasteiger partial charge is 0.224 e. The maximum atomic E-state index is 12.3. The Kier molecular flexibility index (Phi) is 6.59. The van der Waals surface area contributed by atoms with Crippen molar-refractivity contribution in [2.75, 3.05) is 26.7 Å². The van der Waals surface area contributed by atoms with E-state index in [1.54, 1.807) is 11.8 Å². The molecule has 0 aliphatic carbocycles. The number of nitrogens with one attached hydrogen (secondary N) is 1. The highest BCUT2D eigenvalue weighted by Gasteiger charge is 2.22. The molecule has 1 aliphatic heterocycles.